The van der Waals surface area contributed by atoms with Crippen LogP contribution >= 0.6 is 0 Å². The van der Waals surface area contributed by atoms with Gasteiger partial charge in [0, 0.05) is 35.6 Å². The van der Waals surface area contributed by atoms with E-state index >= 15 is 0 Å². The molecular formula is C33H52N6. The molecule has 0 radical (unpaired) electrons. The zero-order valence-corrected chi connectivity index (χ0v) is 24.9. The summed E-state index contributed by atoms with van der Waals surface area (Å²) in [6, 6.07) is 1.03. The summed E-state index contributed by atoms with van der Waals surface area (Å²) in [7, 11) is 2.22. The van der Waals surface area contributed by atoms with Gasteiger partial charge >= 0.3 is 0 Å². The molecule has 0 bridgehead atoms. The van der Waals surface area contributed by atoms with Crippen molar-refractivity contribution in [1.29, 1.82) is 5.41 Å². The summed E-state index contributed by atoms with van der Waals surface area (Å²) in [5, 5.41) is 9.07. The molecule has 3 rings (SSSR count). The lowest BCUT2D eigenvalue weighted by molar-refractivity contribution is 0.300. The first kappa shape index (κ1) is 30.9. The number of likely N-dealkylation sites (tertiary alicyclic amines) is 1. The maximum absolute atomic E-state index is 9.07. The van der Waals surface area contributed by atoms with E-state index in [2.05, 4.69) is 49.1 Å². The second-order valence-corrected chi connectivity index (χ2v) is 11.7. The molecule has 6 heteroatoms. The van der Waals surface area contributed by atoms with E-state index in [4.69, 9.17) is 16.1 Å². The molecule has 2 atom stereocenters. The second kappa shape index (κ2) is 15.9. The Kier molecular flexibility index (Phi) is 12.6. The average Bonchev–Trinajstić information content (AvgIpc) is 3.32. The highest BCUT2D eigenvalue weighted by molar-refractivity contribution is 6.02. The van der Waals surface area contributed by atoms with Crippen LogP contribution in [-0.2, 0) is 0 Å². The van der Waals surface area contributed by atoms with Gasteiger partial charge in [0.15, 0.2) is 0 Å². The van der Waals surface area contributed by atoms with Crippen molar-refractivity contribution in [1.82, 2.24) is 4.90 Å². The van der Waals surface area contributed by atoms with Crippen LogP contribution in [0.5, 0.6) is 0 Å². The van der Waals surface area contributed by atoms with Crippen LogP contribution in [0.4, 0.5) is 0 Å². The van der Waals surface area contributed by atoms with E-state index in [1.165, 1.54) is 55.4 Å². The Morgan fingerprint density at radius 1 is 1.13 bits per heavy atom. The Morgan fingerprint density at radius 3 is 2.54 bits per heavy atom. The second-order valence-electron chi connectivity index (χ2n) is 11.7. The molecule has 6 nitrogen and oxygen atoms in total. The monoisotopic (exact) mass is 532 g/mol. The quantitative estimate of drug-likeness (QED) is 0.140. The number of nitrogens with zero attached hydrogens (tertiary/aromatic N) is 4. The molecule has 0 spiro atoms. The fourth-order valence-electron chi connectivity index (χ4n) is 5.88. The smallest absolute Gasteiger partial charge is 0.0870 e. The van der Waals surface area contributed by atoms with Gasteiger partial charge in [-0.25, -0.2) is 0 Å². The highest BCUT2D eigenvalue weighted by Crippen LogP contribution is 2.32. The van der Waals surface area contributed by atoms with Gasteiger partial charge < -0.3 is 16.0 Å². The van der Waals surface area contributed by atoms with Gasteiger partial charge in [-0.3, -0.25) is 15.0 Å². The molecule has 0 aromatic rings. The minimum Gasteiger partial charge on any atom is -0.397 e. The molecule has 3 aliphatic rings. The SMILES string of the molecule is C=N/C(=C\C(CC[C@@H]1CCCN1C)=NC/C(C)=C(\CCC)C(=N)C1CCCCC1=C)C(N)=CC=NC1CCC1. The first-order valence-electron chi connectivity index (χ1n) is 15.2. The van der Waals surface area contributed by atoms with Gasteiger partial charge in [-0.15, -0.1) is 0 Å². The summed E-state index contributed by atoms with van der Waals surface area (Å²) in [5.74, 6) is 0.194. The Labute approximate surface area is 237 Å². The van der Waals surface area contributed by atoms with Gasteiger partial charge in [-0.1, -0.05) is 31.9 Å². The molecule has 0 aromatic heterocycles. The van der Waals surface area contributed by atoms with Crippen molar-refractivity contribution in [2.45, 2.75) is 109 Å². The van der Waals surface area contributed by atoms with Crippen LogP contribution in [0, 0.1) is 11.3 Å². The topological polar surface area (TPSA) is 90.2 Å². The van der Waals surface area contributed by atoms with Crippen molar-refractivity contribution in [2.75, 3.05) is 20.1 Å². The highest BCUT2D eigenvalue weighted by Gasteiger charge is 2.25. The third-order valence-electron chi connectivity index (χ3n) is 8.74. The lowest BCUT2D eigenvalue weighted by Gasteiger charge is -2.27. The van der Waals surface area contributed by atoms with E-state index in [0.29, 0.717) is 30.0 Å². The van der Waals surface area contributed by atoms with Crippen LogP contribution in [0.1, 0.15) is 97.3 Å². The van der Waals surface area contributed by atoms with E-state index in [1.54, 1.807) is 0 Å². The Bertz CT molecular complexity index is 1020. The van der Waals surface area contributed by atoms with Crippen molar-refractivity contribution in [2.24, 2.45) is 26.6 Å². The summed E-state index contributed by atoms with van der Waals surface area (Å²) in [6.07, 6.45) is 20.1. The summed E-state index contributed by atoms with van der Waals surface area (Å²) < 4.78 is 0. The lowest BCUT2D eigenvalue weighted by Crippen LogP contribution is -2.25. The summed E-state index contributed by atoms with van der Waals surface area (Å²) >= 11 is 0. The van der Waals surface area contributed by atoms with Crippen LogP contribution in [0.2, 0.25) is 0 Å². The predicted molar refractivity (Wildman–Crippen MR) is 170 cm³/mol. The standard InChI is InChI=1S/C33H52N6/c1-6-11-29(33(35)30-16-8-7-12-24(30)2)25(3)23-38-27(17-18-28-15-10-21-39(28)5)22-32(36-4)31(34)19-20-37-26-13-9-14-26/h19-20,22,26,28,30,35H,2,4,6-18,21,23,34H2,1,3,5H3/b29-25+,31-19?,32-22-,35-33?,37-20?,38-27?/t28-,30?/m0/s1. The van der Waals surface area contributed by atoms with Crippen molar-refractivity contribution in [3.05, 3.63) is 46.8 Å². The maximum Gasteiger partial charge on any atom is 0.0870 e. The molecule has 3 N–H and O–H groups in total. The number of allylic oxidation sites excluding steroid dienone is 4. The lowest BCUT2D eigenvalue weighted by atomic mass is 9.78. The molecule has 1 aliphatic heterocycles. The van der Waals surface area contributed by atoms with Crippen molar-refractivity contribution in [3.63, 3.8) is 0 Å². The molecule has 2 aliphatic carbocycles. The molecule has 2 saturated carbocycles. The van der Waals surface area contributed by atoms with Crippen molar-refractivity contribution >= 4 is 24.4 Å². The third kappa shape index (κ3) is 9.23. The molecule has 1 heterocycles. The number of aliphatic imine (C=N–C) groups is 3. The average molecular weight is 533 g/mol. The van der Waals surface area contributed by atoms with E-state index in [0.717, 1.165) is 62.8 Å². The molecule has 3 fully saturated rings. The van der Waals surface area contributed by atoms with Gasteiger partial charge in [-0.05, 0) is 121 Å². The number of rotatable bonds is 14. The fraction of sp³-hybridized carbons (Fsp3) is 0.636. The maximum atomic E-state index is 9.07. The zero-order valence-electron chi connectivity index (χ0n) is 24.9. The molecular weight excluding hydrogens is 480 g/mol. The van der Waals surface area contributed by atoms with E-state index in [1.807, 2.05) is 18.4 Å². The number of nitrogens with one attached hydrogen (secondary N) is 1. The third-order valence-corrected chi connectivity index (χ3v) is 8.74. The van der Waals surface area contributed by atoms with Crippen LogP contribution in [0.25, 0.3) is 0 Å². The molecule has 39 heavy (non-hydrogen) atoms. The van der Waals surface area contributed by atoms with E-state index < -0.39 is 0 Å². The first-order chi connectivity index (χ1) is 18.8. The van der Waals surface area contributed by atoms with Crippen LogP contribution in [0.3, 0.4) is 0 Å². The summed E-state index contributed by atoms with van der Waals surface area (Å²) in [6.45, 7) is 14.2. The summed E-state index contributed by atoms with van der Waals surface area (Å²) in [5.41, 5.74) is 13.0. The van der Waals surface area contributed by atoms with Crippen molar-refractivity contribution < 1.29 is 0 Å². The van der Waals surface area contributed by atoms with Crippen molar-refractivity contribution in [3.8, 4) is 0 Å². The predicted octanol–water partition coefficient (Wildman–Crippen LogP) is 7.23. The van der Waals surface area contributed by atoms with Gasteiger partial charge in [0.2, 0.25) is 0 Å². The zero-order chi connectivity index (χ0) is 28.2. The number of hydrogen-bond donors (Lipinski definition) is 2. The van der Waals surface area contributed by atoms with Crippen LogP contribution in [-0.4, -0.2) is 61.5 Å². The van der Waals surface area contributed by atoms with Gasteiger partial charge in [0.25, 0.3) is 0 Å². The van der Waals surface area contributed by atoms with Gasteiger partial charge in [-0.2, -0.15) is 0 Å². The molecule has 1 unspecified atom stereocenters. The fourth-order valence-corrected chi connectivity index (χ4v) is 5.88. The Balaban J connectivity index is 1.83. The molecule has 1 saturated heterocycles. The van der Waals surface area contributed by atoms with Crippen LogP contribution in [0.15, 0.2) is 61.8 Å². The van der Waals surface area contributed by atoms with E-state index in [9.17, 15) is 0 Å². The number of hydrogen-bond acceptors (Lipinski definition) is 6. The Hall–Kier alpha value is -2.60. The normalized spacial score (nSPS) is 24.7. The first-order valence-corrected chi connectivity index (χ1v) is 15.2. The highest BCUT2D eigenvalue weighted by atomic mass is 15.1. The summed E-state index contributed by atoms with van der Waals surface area (Å²) in [4.78, 5) is 16.4. The minimum atomic E-state index is 0.194. The molecule has 214 valence electrons. The van der Waals surface area contributed by atoms with Gasteiger partial charge in [0.05, 0.1) is 17.9 Å². The van der Waals surface area contributed by atoms with Crippen LogP contribution < -0.4 is 5.73 Å². The minimum absolute atomic E-state index is 0.194. The molecule has 0 amide bonds. The number of nitrogens with two attached hydrogens (primary N) is 1. The van der Waals surface area contributed by atoms with E-state index in [-0.39, 0.29) is 5.92 Å². The Morgan fingerprint density at radius 2 is 1.92 bits per heavy atom. The largest absolute Gasteiger partial charge is 0.397 e. The molecule has 0 aromatic carbocycles. The van der Waals surface area contributed by atoms with Gasteiger partial charge in [0.1, 0.15) is 0 Å².